The fourth-order valence-electron chi connectivity index (χ4n) is 1.60. The van der Waals surface area contributed by atoms with E-state index in [-0.39, 0.29) is 0 Å². The largest absolute Gasteiger partial charge is 0.315 e. The van der Waals surface area contributed by atoms with Crippen LogP contribution in [-0.4, -0.2) is 52.4 Å². The van der Waals surface area contributed by atoms with Crippen LogP contribution in [0.25, 0.3) is 0 Å². The van der Waals surface area contributed by atoms with Gasteiger partial charge < -0.3 is 10.6 Å². The summed E-state index contributed by atoms with van der Waals surface area (Å²) in [5.74, 6) is 0. The number of hydrogen-bond acceptors (Lipinski definition) is 2. The van der Waals surface area contributed by atoms with Crippen LogP contribution < -0.4 is 21.3 Å². The maximum absolute atomic E-state index is 4.45. The smallest absolute Gasteiger partial charge is 0.0275 e. The molecule has 0 aliphatic carbocycles. The number of nitrogens with zero attached hydrogens (tertiary/aromatic N) is 2. The average molecular weight is 212 g/mol. The van der Waals surface area contributed by atoms with Gasteiger partial charge in [0, 0.05) is 45.8 Å². The fraction of sp³-hybridized carbons (Fsp3) is 1.00. The summed E-state index contributed by atoms with van der Waals surface area (Å²) >= 11 is 0. The predicted octanol–water partition coefficient (Wildman–Crippen LogP) is -0.442. The lowest BCUT2D eigenvalue weighted by Crippen LogP contribution is -2.31. The zero-order chi connectivity index (χ0) is 10.6. The summed E-state index contributed by atoms with van der Waals surface area (Å²) in [5, 5.41) is 15.7. The molecule has 88 valence electrons. The van der Waals surface area contributed by atoms with E-state index in [4.69, 9.17) is 0 Å². The third kappa shape index (κ3) is 8.81. The Labute approximate surface area is 93.6 Å². The van der Waals surface area contributed by atoms with Crippen molar-refractivity contribution in [3.8, 4) is 0 Å². The number of nitrogens with one attached hydrogen (secondary N) is 2. The van der Waals surface area contributed by atoms with Crippen LogP contribution in [0.4, 0.5) is 0 Å². The van der Waals surface area contributed by atoms with Gasteiger partial charge in [0.15, 0.2) is 0 Å². The van der Waals surface area contributed by atoms with Crippen molar-refractivity contribution in [1.29, 1.82) is 0 Å². The summed E-state index contributed by atoms with van der Waals surface area (Å²) in [5.41, 5.74) is 0. The molecule has 4 heteroatoms. The van der Waals surface area contributed by atoms with E-state index in [0.717, 1.165) is 52.4 Å². The predicted molar refractivity (Wildman–Crippen MR) is 63.3 cm³/mol. The van der Waals surface area contributed by atoms with Gasteiger partial charge in [-0.15, -0.1) is 0 Å². The molecule has 1 saturated heterocycles. The Morgan fingerprint density at radius 3 is 2.13 bits per heavy atom. The Balaban J connectivity index is 2.01. The lowest BCUT2D eigenvalue weighted by molar-refractivity contribution is 0.559. The Morgan fingerprint density at radius 2 is 1.27 bits per heavy atom. The maximum Gasteiger partial charge on any atom is 0.0275 e. The highest BCUT2D eigenvalue weighted by Gasteiger charge is 1.94. The molecule has 1 aliphatic heterocycles. The van der Waals surface area contributed by atoms with Crippen LogP contribution in [0.1, 0.15) is 19.3 Å². The molecule has 1 aliphatic rings. The van der Waals surface area contributed by atoms with E-state index in [1.54, 1.807) is 0 Å². The summed E-state index contributed by atoms with van der Waals surface area (Å²) < 4.78 is 0. The first-order valence-corrected chi connectivity index (χ1v) is 6.18. The van der Waals surface area contributed by atoms with Crippen LogP contribution in [0, 0.1) is 0 Å². The zero-order valence-corrected chi connectivity index (χ0v) is 9.67. The molecule has 0 aromatic carbocycles. The summed E-state index contributed by atoms with van der Waals surface area (Å²) in [6.07, 6.45) is 3.81. The van der Waals surface area contributed by atoms with Gasteiger partial charge in [0.2, 0.25) is 0 Å². The third-order valence-corrected chi connectivity index (χ3v) is 2.51. The second kappa shape index (κ2) is 10.4. The average Bonchev–Trinajstić information content (AvgIpc) is 2.27. The molecular weight excluding hydrogens is 188 g/mol. The van der Waals surface area contributed by atoms with Gasteiger partial charge in [-0.25, -0.2) is 10.6 Å². The molecule has 2 N–H and O–H groups in total. The molecule has 0 aromatic rings. The Bertz CT molecular complexity index is 71.2. The standard InChI is InChI=1S/C11H24N4/c1-2-4-12-6-8-14-10-11-15-9-7-13-5-3-1/h12,14H,1-11H2. The van der Waals surface area contributed by atoms with Crippen LogP contribution in [-0.2, 0) is 0 Å². The van der Waals surface area contributed by atoms with Crippen molar-refractivity contribution >= 4 is 0 Å². The lowest BCUT2D eigenvalue weighted by atomic mass is 10.2. The third-order valence-electron chi connectivity index (χ3n) is 2.51. The Kier molecular flexibility index (Phi) is 8.92. The normalized spacial score (nSPS) is 24.0. The zero-order valence-electron chi connectivity index (χ0n) is 9.67. The minimum absolute atomic E-state index is 0.903. The van der Waals surface area contributed by atoms with Crippen LogP contribution in [0.5, 0.6) is 0 Å². The fourth-order valence-corrected chi connectivity index (χ4v) is 1.60. The van der Waals surface area contributed by atoms with Crippen LogP contribution in [0.15, 0.2) is 0 Å². The highest BCUT2D eigenvalue weighted by atomic mass is 15.0. The van der Waals surface area contributed by atoms with Crippen LogP contribution >= 0.6 is 0 Å². The van der Waals surface area contributed by atoms with E-state index in [1.807, 2.05) is 0 Å². The molecule has 2 radical (unpaired) electrons. The first-order valence-electron chi connectivity index (χ1n) is 6.18. The summed E-state index contributed by atoms with van der Waals surface area (Å²) in [7, 11) is 0. The van der Waals surface area contributed by atoms with E-state index < -0.39 is 0 Å². The van der Waals surface area contributed by atoms with Gasteiger partial charge in [-0.2, -0.15) is 0 Å². The van der Waals surface area contributed by atoms with Gasteiger partial charge in [0.1, 0.15) is 0 Å². The quantitative estimate of drug-likeness (QED) is 0.572. The minimum atomic E-state index is 0.903. The monoisotopic (exact) mass is 212 g/mol. The molecule has 1 fully saturated rings. The van der Waals surface area contributed by atoms with Gasteiger partial charge >= 0.3 is 0 Å². The number of hydrogen-bond donors (Lipinski definition) is 2. The molecule has 0 bridgehead atoms. The van der Waals surface area contributed by atoms with Crippen molar-refractivity contribution in [1.82, 2.24) is 21.3 Å². The first kappa shape index (κ1) is 12.9. The van der Waals surface area contributed by atoms with Gasteiger partial charge in [0.05, 0.1) is 0 Å². The topological polar surface area (TPSA) is 52.3 Å². The van der Waals surface area contributed by atoms with Crippen LogP contribution in [0.3, 0.4) is 0 Å². The highest BCUT2D eigenvalue weighted by molar-refractivity contribution is 4.58. The molecule has 4 nitrogen and oxygen atoms in total. The van der Waals surface area contributed by atoms with E-state index >= 15 is 0 Å². The van der Waals surface area contributed by atoms with Crippen molar-refractivity contribution in [2.24, 2.45) is 0 Å². The Hall–Kier alpha value is -0.160. The summed E-state index contributed by atoms with van der Waals surface area (Å²) in [6, 6.07) is 0. The molecule has 15 heavy (non-hydrogen) atoms. The molecule has 0 amide bonds. The Morgan fingerprint density at radius 1 is 0.533 bits per heavy atom. The molecule has 1 heterocycles. The van der Waals surface area contributed by atoms with Crippen LogP contribution in [0.2, 0.25) is 0 Å². The molecule has 0 saturated carbocycles. The van der Waals surface area contributed by atoms with Gasteiger partial charge in [-0.3, -0.25) is 0 Å². The van der Waals surface area contributed by atoms with E-state index in [2.05, 4.69) is 21.3 Å². The SMILES string of the molecule is C1CC[N]CC[N]CCNCCNCC1. The molecule has 0 unspecified atom stereocenters. The molecule has 0 spiro atoms. The molecule has 0 aromatic heterocycles. The van der Waals surface area contributed by atoms with Crippen molar-refractivity contribution < 1.29 is 0 Å². The van der Waals surface area contributed by atoms with Crippen molar-refractivity contribution in [2.75, 3.05) is 52.4 Å². The highest BCUT2D eigenvalue weighted by Crippen LogP contribution is 1.92. The molecular formula is C11H24N4. The summed E-state index contributed by atoms with van der Waals surface area (Å²) in [4.78, 5) is 0. The maximum atomic E-state index is 4.45. The number of rotatable bonds is 0. The van der Waals surface area contributed by atoms with Crippen molar-refractivity contribution in [2.45, 2.75) is 19.3 Å². The molecule has 1 rings (SSSR count). The van der Waals surface area contributed by atoms with Crippen molar-refractivity contribution in [3.63, 3.8) is 0 Å². The van der Waals surface area contributed by atoms with Gasteiger partial charge in [-0.1, -0.05) is 6.42 Å². The first-order chi connectivity index (χ1) is 7.50. The molecule has 0 atom stereocenters. The lowest BCUT2D eigenvalue weighted by Gasteiger charge is -2.05. The van der Waals surface area contributed by atoms with Crippen molar-refractivity contribution in [3.05, 3.63) is 0 Å². The van der Waals surface area contributed by atoms with E-state index in [0.29, 0.717) is 0 Å². The van der Waals surface area contributed by atoms with E-state index in [9.17, 15) is 0 Å². The second-order valence-electron chi connectivity index (χ2n) is 3.90. The second-order valence-corrected chi connectivity index (χ2v) is 3.90. The minimum Gasteiger partial charge on any atom is -0.315 e. The van der Waals surface area contributed by atoms with Gasteiger partial charge in [0.25, 0.3) is 0 Å². The van der Waals surface area contributed by atoms with Gasteiger partial charge in [-0.05, 0) is 19.4 Å². The van der Waals surface area contributed by atoms with E-state index in [1.165, 1.54) is 19.3 Å². The summed E-state index contributed by atoms with van der Waals surface area (Å²) in [6.45, 7) is 8.04.